The molecule has 98 valence electrons. The number of hydrogen-bond donors (Lipinski definition) is 3. The van der Waals surface area contributed by atoms with Crippen LogP contribution in [0.1, 0.15) is 11.1 Å². The third-order valence-corrected chi connectivity index (χ3v) is 2.47. The molecule has 0 atom stereocenters. The van der Waals surface area contributed by atoms with Crippen LogP contribution in [0.4, 0.5) is 5.69 Å². The van der Waals surface area contributed by atoms with Crippen LogP contribution in [0.2, 0.25) is 0 Å². The van der Waals surface area contributed by atoms with Gasteiger partial charge in [0.05, 0.1) is 6.61 Å². The largest absolute Gasteiger partial charge is 0.389 e. The minimum absolute atomic E-state index is 0.0718. The van der Waals surface area contributed by atoms with E-state index < -0.39 is 5.91 Å². The first-order chi connectivity index (χ1) is 8.50. The average molecular weight is 267 g/mol. The summed E-state index contributed by atoms with van der Waals surface area (Å²) in [6, 6.07) is 5.79. The fraction of sp³-hybridized carbons (Fsp3) is 0.333. The zero-order valence-corrected chi connectivity index (χ0v) is 11.0. The fourth-order valence-corrected chi connectivity index (χ4v) is 1.63. The number of primary amides is 1. The normalized spacial score (nSPS) is 10.1. The van der Waals surface area contributed by atoms with Gasteiger partial charge in [0.15, 0.2) is 0 Å². The van der Waals surface area contributed by atoms with E-state index in [1.54, 1.807) is 0 Å². The van der Waals surface area contributed by atoms with E-state index >= 15 is 0 Å². The lowest BCUT2D eigenvalue weighted by Gasteiger charge is -2.12. The van der Waals surface area contributed by atoms with Crippen LogP contribution >= 0.6 is 12.2 Å². The molecule has 1 amide bonds. The molecule has 1 aromatic rings. The predicted molar refractivity (Wildman–Crippen MR) is 75.6 cm³/mol. The molecule has 0 heterocycles. The topological polar surface area (TPSA) is 90.4 Å². The Hall–Kier alpha value is -1.66. The van der Waals surface area contributed by atoms with Crippen molar-refractivity contribution in [2.75, 3.05) is 25.1 Å². The summed E-state index contributed by atoms with van der Waals surface area (Å²) in [4.78, 5) is 10.8. The molecule has 0 aromatic heterocycles. The van der Waals surface area contributed by atoms with Crippen LogP contribution in [0.5, 0.6) is 0 Å². The highest BCUT2D eigenvalue weighted by Crippen LogP contribution is 2.17. The van der Waals surface area contributed by atoms with Crippen LogP contribution in [-0.4, -0.2) is 30.7 Å². The van der Waals surface area contributed by atoms with E-state index in [9.17, 15) is 4.79 Å². The van der Waals surface area contributed by atoms with Gasteiger partial charge in [-0.25, -0.2) is 0 Å². The highest BCUT2D eigenvalue weighted by atomic mass is 32.1. The molecule has 5 N–H and O–H groups in total. The first-order valence-corrected chi connectivity index (χ1v) is 5.92. The smallest absolute Gasteiger partial charge is 0.243 e. The van der Waals surface area contributed by atoms with E-state index in [0.717, 1.165) is 16.8 Å². The molecule has 5 nitrogen and oxygen atoms in total. The summed E-state index contributed by atoms with van der Waals surface area (Å²) in [6.45, 7) is 2.84. The Balaban J connectivity index is 2.53. The monoisotopic (exact) mass is 267 g/mol. The molecule has 0 aliphatic rings. The highest BCUT2D eigenvalue weighted by molar-refractivity contribution is 7.80. The van der Waals surface area contributed by atoms with Crippen molar-refractivity contribution in [1.82, 2.24) is 0 Å². The number of nitrogens with two attached hydrogens (primary N) is 2. The number of aryl methyl sites for hydroxylation is 1. The van der Waals surface area contributed by atoms with Gasteiger partial charge in [0.2, 0.25) is 5.91 Å². The van der Waals surface area contributed by atoms with Crippen LogP contribution in [0, 0.1) is 6.92 Å². The molecule has 0 saturated carbocycles. The number of nitrogens with one attached hydrogen (secondary N) is 1. The van der Waals surface area contributed by atoms with E-state index in [0.29, 0.717) is 18.1 Å². The molecule has 0 bridgehead atoms. The molecule has 0 fully saturated rings. The maximum absolute atomic E-state index is 10.5. The minimum Gasteiger partial charge on any atom is -0.389 e. The van der Waals surface area contributed by atoms with Crippen LogP contribution < -0.4 is 16.8 Å². The molecule has 0 aliphatic heterocycles. The third-order valence-electron chi connectivity index (χ3n) is 2.25. The van der Waals surface area contributed by atoms with E-state index in [1.165, 1.54) is 0 Å². The van der Waals surface area contributed by atoms with Crippen molar-refractivity contribution in [3.8, 4) is 0 Å². The number of benzene rings is 1. The van der Waals surface area contributed by atoms with Crippen LogP contribution in [-0.2, 0) is 9.53 Å². The second-order valence-electron chi connectivity index (χ2n) is 3.86. The van der Waals surface area contributed by atoms with Crippen molar-refractivity contribution in [2.45, 2.75) is 6.92 Å². The Morgan fingerprint density at radius 1 is 1.44 bits per heavy atom. The van der Waals surface area contributed by atoms with Gasteiger partial charge >= 0.3 is 0 Å². The summed E-state index contributed by atoms with van der Waals surface area (Å²) < 4.78 is 5.05. The molecule has 0 spiro atoms. The van der Waals surface area contributed by atoms with Crippen molar-refractivity contribution in [1.29, 1.82) is 0 Å². The standard InChI is InChI=1S/C12H17N3O2S/c1-8-2-3-9(12(14)18)10(6-8)15-4-5-17-7-11(13)16/h2-3,6,15H,4-5,7H2,1H3,(H2,13,16)(H2,14,18). The van der Waals surface area contributed by atoms with E-state index in [2.05, 4.69) is 5.32 Å². The average Bonchev–Trinajstić information content (AvgIpc) is 2.27. The molecular weight excluding hydrogens is 250 g/mol. The molecule has 0 radical (unpaired) electrons. The first-order valence-electron chi connectivity index (χ1n) is 5.51. The van der Waals surface area contributed by atoms with Gasteiger partial charge in [-0.1, -0.05) is 18.3 Å². The molecule has 1 rings (SSSR count). The molecule has 6 heteroatoms. The second kappa shape index (κ2) is 6.93. The molecule has 18 heavy (non-hydrogen) atoms. The minimum atomic E-state index is -0.477. The second-order valence-corrected chi connectivity index (χ2v) is 4.30. The van der Waals surface area contributed by atoms with Gasteiger partial charge in [0.1, 0.15) is 11.6 Å². The SMILES string of the molecule is Cc1ccc(C(N)=S)c(NCCOCC(N)=O)c1. The van der Waals surface area contributed by atoms with Gasteiger partial charge in [-0.15, -0.1) is 0 Å². The number of carbonyl (C=O) groups excluding carboxylic acids is 1. The summed E-state index contributed by atoms with van der Waals surface area (Å²) in [5.74, 6) is -0.477. The Labute approximate surface area is 111 Å². The lowest BCUT2D eigenvalue weighted by Crippen LogP contribution is -2.21. The van der Waals surface area contributed by atoms with Crippen molar-refractivity contribution in [3.63, 3.8) is 0 Å². The first kappa shape index (κ1) is 14.4. The Morgan fingerprint density at radius 2 is 2.17 bits per heavy atom. The van der Waals surface area contributed by atoms with E-state index in [-0.39, 0.29) is 6.61 Å². The lowest BCUT2D eigenvalue weighted by atomic mass is 10.1. The van der Waals surface area contributed by atoms with Crippen molar-refractivity contribution >= 4 is 28.8 Å². The van der Waals surface area contributed by atoms with Gasteiger partial charge in [0, 0.05) is 17.8 Å². The third kappa shape index (κ3) is 4.68. The highest BCUT2D eigenvalue weighted by Gasteiger charge is 2.04. The lowest BCUT2D eigenvalue weighted by molar-refractivity contribution is -0.122. The van der Waals surface area contributed by atoms with E-state index in [1.807, 2.05) is 25.1 Å². The Morgan fingerprint density at radius 3 is 2.78 bits per heavy atom. The number of rotatable bonds is 7. The number of hydrogen-bond acceptors (Lipinski definition) is 4. The molecule has 0 unspecified atom stereocenters. The maximum atomic E-state index is 10.5. The van der Waals surface area contributed by atoms with Gasteiger partial charge in [0.25, 0.3) is 0 Å². The summed E-state index contributed by atoms with van der Waals surface area (Å²) in [7, 11) is 0. The van der Waals surface area contributed by atoms with Crippen molar-refractivity contribution in [2.24, 2.45) is 11.5 Å². The number of anilines is 1. The fourth-order valence-electron chi connectivity index (χ4n) is 1.45. The van der Waals surface area contributed by atoms with Crippen LogP contribution in [0.15, 0.2) is 18.2 Å². The maximum Gasteiger partial charge on any atom is 0.243 e. The van der Waals surface area contributed by atoms with Crippen LogP contribution in [0.25, 0.3) is 0 Å². The van der Waals surface area contributed by atoms with E-state index in [4.69, 9.17) is 28.4 Å². The predicted octanol–water partition coefficient (Wildman–Crippen LogP) is 0.543. The summed E-state index contributed by atoms with van der Waals surface area (Å²) >= 11 is 4.97. The zero-order valence-electron chi connectivity index (χ0n) is 10.2. The number of thiocarbonyl (C=S) groups is 1. The van der Waals surface area contributed by atoms with Gasteiger partial charge in [-0.2, -0.15) is 0 Å². The molecular formula is C12H17N3O2S. The summed E-state index contributed by atoms with van der Waals surface area (Å²) in [5, 5.41) is 3.16. The van der Waals surface area contributed by atoms with Gasteiger partial charge < -0.3 is 21.5 Å². The van der Waals surface area contributed by atoms with Crippen LogP contribution in [0.3, 0.4) is 0 Å². The molecule has 0 saturated heterocycles. The zero-order chi connectivity index (χ0) is 13.5. The quantitative estimate of drug-likeness (QED) is 0.495. The Kier molecular flexibility index (Phi) is 5.54. The Bertz CT molecular complexity index is 449. The van der Waals surface area contributed by atoms with Crippen molar-refractivity contribution < 1.29 is 9.53 Å². The molecule has 1 aromatic carbocycles. The number of amides is 1. The van der Waals surface area contributed by atoms with Gasteiger partial charge in [-0.3, -0.25) is 4.79 Å². The molecule has 0 aliphatic carbocycles. The number of ether oxygens (including phenoxy) is 1. The summed E-state index contributed by atoms with van der Waals surface area (Å²) in [5.41, 5.74) is 13.4. The van der Waals surface area contributed by atoms with Crippen molar-refractivity contribution in [3.05, 3.63) is 29.3 Å². The van der Waals surface area contributed by atoms with Gasteiger partial charge in [-0.05, 0) is 24.6 Å². The number of carbonyl (C=O) groups is 1. The summed E-state index contributed by atoms with van der Waals surface area (Å²) in [6.07, 6.45) is 0.